The van der Waals surface area contributed by atoms with Gasteiger partial charge in [-0.3, -0.25) is 10.1 Å². The Labute approximate surface area is 117 Å². The van der Waals surface area contributed by atoms with Gasteiger partial charge in [0.15, 0.2) is 0 Å². The zero-order chi connectivity index (χ0) is 14.1. The van der Waals surface area contributed by atoms with E-state index in [1.54, 1.807) is 6.07 Å². The first-order valence-corrected chi connectivity index (χ1v) is 7.49. The van der Waals surface area contributed by atoms with Gasteiger partial charge >= 0.3 is 0 Å². The standard InChI is InChI=1S/C13H17N3O2S/c1-19-8-4-2-3-7-15-12-5-6-13(16(17)18)11(9-12)10-14/h5-6,9,15H,2-4,7-8H2,1H3. The van der Waals surface area contributed by atoms with E-state index >= 15 is 0 Å². The second kappa shape index (κ2) is 8.38. The van der Waals surface area contributed by atoms with Crippen LogP contribution in [-0.2, 0) is 0 Å². The molecule has 1 rings (SSSR count). The Morgan fingerprint density at radius 1 is 1.42 bits per heavy atom. The first kappa shape index (κ1) is 15.3. The van der Waals surface area contributed by atoms with Crippen LogP contribution in [-0.4, -0.2) is 23.5 Å². The molecule has 0 fully saturated rings. The van der Waals surface area contributed by atoms with Gasteiger partial charge < -0.3 is 5.32 Å². The van der Waals surface area contributed by atoms with Crippen LogP contribution in [0.1, 0.15) is 24.8 Å². The molecule has 0 atom stereocenters. The van der Waals surface area contributed by atoms with Crippen molar-refractivity contribution in [2.75, 3.05) is 23.9 Å². The lowest BCUT2D eigenvalue weighted by atomic mass is 10.1. The number of rotatable bonds is 8. The van der Waals surface area contributed by atoms with Gasteiger partial charge in [-0.2, -0.15) is 17.0 Å². The maximum absolute atomic E-state index is 10.7. The van der Waals surface area contributed by atoms with Crippen molar-refractivity contribution in [2.45, 2.75) is 19.3 Å². The van der Waals surface area contributed by atoms with Crippen molar-refractivity contribution < 1.29 is 4.92 Å². The van der Waals surface area contributed by atoms with Gasteiger partial charge in [-0.05, 0) is 37.0 Å². The van der Waals surface area contributed by atoms with Crippen molar-refractivity contribution in [2.24, 2.45) is 0 Å². The van der Waals surface area contributed by atoms with E-state index in [0.29, 0.717) is 0 Å². The summed E-state index contributed by atoms with van der Waals surface area (Å²) in [5.41, 5.74) is 0.706. The maximum atomic E-state index is 10.7. The summed E-state index contributed by atoms with van der Waals surface area (Å²) in [5.74, 6) is 1.18. The molecule has 0 aliphatic carbocycles. The summed E-state index contributed by atoms with van der Waals surface area (Å²) in [4.78, 5) is 10.1. The normalized spacial score (nSPS) is 9.89. The first-order chi connectivity index (χ1) is 9.19. The summed E-state index contributed by atoms with van der Waals surface area (Å²) >= 11 is 1.84. The minimum atomic E-state index is -0.537. The van der Waals surface area contributed by atoms with Crippen LogP contribution in [0.5, 0.6) is 0 Å². The Kier molecular flexibility index (Phi) is 6.75. The van der Waals surface area contributed by atoms with Gasteiger partial charge in [0.1, 0.15) is 11.6 Å². The van der Waals surface area contributed by atoms with Crippen LogP contribution in [0, 0.1) is 21.4 Å². The van der Waals surface area contributed by atoms with Gasteiger partial charge in [0, 0.05) is 18.3 Å². The first-order valence-electron chi connectivity index (χ1n) is 6.10. The molecule has 0 aliphatic rings. The second-order valence-corrected chi connectivity index (χ2v) is 5.07. The third kappa shape index (κ3) is 5.18. The molecular weight excluding hydrogens is 262 g/mol. The van der Waals surface area contributed by atoms with Crippen LogP contribution in [0.25, 0.3) is 0 Å². The second-order valence-electron chi connectivity index (χ2n) is 4.08. The van der Waals surface area contributed by atoms with Gasteiger partial charge in [-0.15, -0.1) is 0 Å². The summed E-state index contributed by atoms with van der Waals surface area (Å²) in [7, 11) is 0. The van der Waals surface area contributed by atoms with E-state index in [1.807, 2.05) is 17.8 Å². The van der Waals surface area contributed by atoms with Crippen LogP contribution in [0.15, 0.2) is 18.2 Å². The Balaban J connectivity index is 2.47. The average molecular weight is 279 g/mol. The molecule has 1 aromatic rings. The highest BCUT2D eigenvalue weighted by molar-refractivity contribution is 7.98. The Bertz CT molecular complexity index is 471. The molecule has 0 aromatic heterocycles. The summed E-state index contributed by atoms with van der Waals surface area (Å²) < 4.78 is 0. The lowest BCUT2D eigenvalue weighted by molar-refractivity contribution is -0.385. The fourth-order valence-electron chi connectivity index (χ4n) is 1.68. The molecule has 0 saturated heterocycles. The smallest absolute Gasteiger partial charge is 0.287 e. The quantitative estimate of drug-likeness (QED) is 0.448. The molecule has 0 saturated carbocycles. The van der Waals surface area contributed by atoms with E-state index in [-0.39, 0.29) is 11.3 Å². The summed E-state index contributed by atoms with van der Waals surface area (Å²) in [6, 6.07) is 6.39. The minimum Gasteiger partial charge on any atom is -0.385 e. The largest absolute Gasteiger partial charge is 0.385 e. The van der Waals surface area contributed by atoms with E-state index < -0.39 is 4.92 Å². The van der Waals surface area contributed by atoms with E-state index in [1.165, 1.54) is 24.3 Å². The van der Waals surface area contributed by atoms with E-state index in [2.05, 4.69) is 11.6 Å². The molecule has 0 amide bonds. The molecule has 6 heteroatoms. The van der Waals surface area contributed by atoms with E-state index in [4.69, 9.17) is 5.26 Å². The topological polar surface area (TPSA) is 79.0 Å². The van der Waals surface area contributed by atoms with Crippen molar-refractivity contribution >= 4 is 23.1 Å². The molecule has 0 radical (unpaired) electrons. The average Bonchev–Trinajstić information content (AvgIpc) is 2.42. The zero-order valence-corrected chi connectivity index (χ0v) is 11.7. The number of hydrogen-bond donors (Lipinski definition) is 1. The number of anilines is 1. The van der Waals surface area contributed by atoms with Crippen LogP contribution in [0.4, 0.5) is 11.4 Å². The van der Waals surface area contributed by atoms with Crippen molar-refractivity contribution in [3.8, 4) is 6.07 Å². The number of hydrogen-bond acceptors (Lipinski definition) is 5. The Morgan fingerprint density at radius 2 is 2.21 bits per heavy atom. The van der Waals surface area contributed by atoms with Gasteiger partial charge in [-0.25, -0.2) is 0 Å². The van der Waals surface area contributed by atoms with Crippen LogP contribution >= 0.6 is 11.8 Å². The number of nitriles is 1. The highest BCUT2D eigenvalue weighted by Gasteiger charge is 2.13. The summed E-state index contributed by atoms with van der Waals surface area (Å²) in [5, 5.41) is 22.7. The van der Waals surface area contributed by atoms with Crippen molar-refractivity contribution in [3.63, 3.8) is 0 Å². The molecule has 0 spiro atoms. The van der Waals surface area contributed by atoms with Gasteiger partial charge in [0.2, 0.25) is 0 Å². The highest BCUT2D eigenvalue weighted by atomic mass is 32.2. The molecule has 1 N–H and O–H groups in total. The molecule has 1 aromatic carbocycles. The van der Waals surface area contributed by atoms with Crippen LogP contribution in [0.3, 0.4) is 0 Å². The predicted molar refractivity (Wildman–Crippen MR) is 78.5 cm³/mol. The van der Waals surface area contributed by atoms with Gasteiger partial charge in [0.25, 0.3) is 5.69 Å². The van der Waals surface area contributed by atoms with Crippen molar-refractivity contribution in [3.05, 3.63) is 33.9 Å². The molecule has 0 heterocycles. The zero-order valence-electron chi connectivity index (χ0n) is 10.9. The Morgan fingerprint density at radius 3 is 2.84 bits per heavy atom. The van der Waals surface area contributed by atoms with Crippen molar-refractivity contribution in [1.29, 1.82) is 5.26 Å². The SMILES string of the molecule is CSCCCCCNc1ccc([N+](=O)[O-])c(C#N)c1. The van der Waals surface area contributed by atoms with Crippen LogP contribution in [0.2, 0.25) is 0 Å². The number of nitro groups is 1. The number of nitrogens with zero attached hydrogens (tertiary/aromatic N) is 2. The molecule has 5 nitrogen and oxygen atoms in total. The number of unbranched alkanes of at least 4 members (excludes halogenated alkanes) is 2. The molecule has 19 heavy (non-hydrogen) atoms. The molecule has 102 valence electrons. The fraction of sp³-hybridized carbons (Fsp3) is 0.462. The van der Waals surface area contributed by atoms with E-state index in [9.17, 15) is 10.1 Å². The fourth-order valence-corrected chi connectivity index (χ4v) is 2.17. The number of thioether (sulfide) groups is 1. The Hall–Kier alpha value is -1.74. The van der Waals surface area contributed by atoms with Crippen molar-refractivity contribution in [1.82, 2.24) is 0 Å². The summed E-state index contributed by atoms with van der Waals surface area (Å²) in [6.45, 7) is 0.817. The predicted octanol–water partition coefficient (Wildman–Crippen LogP) is 3.41. The third-order valence-electron chi connectivity index (χ3n) is 2.67. The lowest BCUT2D eigenvalue weighted by Gasteiger charge is -2.06. The molecule has 0 aliphatic heterocycles. The van der Waals surface area contributed by atoms with E-state index in [0.717, 1.165) is 25.1 Å². The lowest BCUT2D eigenvalue weighted by Crippen LogP contribution is -2.02. The summed E-state index contributed by atoms with van der Waals surface area (Å²) in [6.07, 6.45) is 5.51. The highest BCUT2D eigenvalue weighted by Crippen LogP contribution is 2.21. The number of benzene rings is 1. The number of nitrogens with one attached hydrogen (secondary N) is 1. The number of nitro benzene ring substituents is 1. The molecule has 0 unspecified atom stereocenters. The monoisotopic (exact) mass is 279 g/mol. The molecule has 0 bridgehead atoms. The van der Waals surface area contributed by atoms with Crippen LogP contribution < -0.4 is 5.32 Å². The van der Waals surface area contributed by atoms with Gasteiger partial charge in [-0.1, -0.05) is 6.42 Å². The third-order valence-corrected chi connectivity index (χ3v) is 3.36. The van der Waals surface area contributed by atoms with Gasteiger partial charge in [0.05, 0.1) is 4.92 Å². The molecular formula is C13H17N3O2S. The maximum Gasteiger partial charge on any atom is 0.287 e. The minimum absolute atomic E-state index is 0.0948.